The highest BCUT2D eigenvalue weighted by atomic mass is 19.4. The Balaban J connectivity index is 1.82. The van der Waals surface area contributed by atoms with Crippen LogP contribution in [0.1, 0.15) is 43.1 Å². The van der Waals surface area contributed by atoms with Crippen molar-refractivity contribution >= 4 is 23.2 Å². The van der Waals surface area contributed by atoms with Crippen LogP contribution in [-0.2, 0) is 24.7 Å². The van der Waals surface area contributed by atoms with Gasteiger partial charge in [0.25, 0.3) is 11.8 Å². The molecule has 0 aliphatic rings. The van der Waals surface area contributed by atoms with Crippen molar-refractivity contribution in [3.8, 4) is 0 Å². The Morgan fingerprint density at radius 1 is 0.525 bits per heavy atom. The maximum atomic E-state index is 13.0. The molecule has 0 fully saturated rings. The fraction of sp³-hybridized carbons (Fsp3) is 0.174. The smallest absolute Gasteiger partial charge is 0.322 e. The maximum absolute atomic E-state index is 13.0. The number of carbonyl (C=O) groups excluding carboxylic acids is 2. The lowest BCUT2D eigenvalue weighted by molar-refractivity contribution is -0.144. The van der Waals surface area contributed by atoms with Gasteiger partial charge in [0.05, 0.1) is 27.8 Å². The van der Waals surface area contributed by atoms with E-state index >= 15 is 0 Å². The first-order valence-corrected chi connectivity index (χ1v) is 10.3. The first-order chi connectivity index (χ1) is 18.1. The highest BCUT2D eigenvalue weighted by molar-refractivity contribution is 6.06. The van der Waals surface area contributed by atoms with Crippen molar-refractivity contribution in [1.29, 1.82) is 0 Å². The summed E-state index contributed by atoms with van der Waals surface area (Å²) in [6.07, 6.45) is -20.1. The van der Waals surface area contributed by atoms with Crippen LogP contribution in [0.15, 0.2) is 54.7 Å². The van der Waals surface area contributed by atoms with Crippen LogP contribution in [0.3, 0.4) is 0 Å². The summed E-state index contributed by atoms with van der Waals surface area (Å²) in [5.74, 6) is -2.55. The Labute approximate surface area is 214 Å². The molecule has 1 aromatic heterocycles. The van der Waals surface area contributed by atoms with Crippen LogP contribution in [0.5, 0.6) is 0 Å². The molecule has 3 rings (SSSR count). The normalized spacial score (nSPS) is 12.7. The number of amides is 2. The van der Waals surface area contributed by atoms with E-state index in [0.717, 1.165) is 12.1 Å². The van der Waals surface area contributed by atoms with Gasteiger partial charge in [-0.05, 0) is 48.5 Å². The quantitative estimate of drug-likeness (QED) is 0.307. The van der Waals surface area contributed by atoms with Crippen molar-refractivity contribution in [1.82, 2.24) is 4.98 Å². The minimum Gasteiger partial charge on any atom is -0.322 e. The maximum Gasteiger partial charge on any atom is 0.416 e. The predicted octanol–water partition coefficient (Wildman–Crippen LogP) is 7.66. The van der Waals surface area contributed by atoms with Gasteiger partial charge >= 0.3 is 24.7 Å². The summed E-state index contributed by atoms with van der Waals surface area (Å²) in [5.41, 5.74) is -9.67. The zero-order valence-electron chi connectivity index (χ0n) is 19.0. The van der Waals surface area contributed by atoms with Gasteiger partial charge in [-0.15, -0.1) is 0 Å². The predicted molar refractivity (Wildman–Crippen MR) is 113 cm³/mol. The van der Waals surface area contributed by atoms with Crippen LogP contribution in [-0.4, -0.2) is 16.8 Å². The molecule has 2 aromatic carbocycles. The molecule has 0 atom stereocenters. The summed E-state index contributed by atoms with van der Waals surface area (Å²) in [6.45, 7) is 0. The van der Waals surface area contributed by atoms with Gasteiger partial charge in [0.1, 0.15) is 5.69 Å². The lowest BCUT2D eigenvalue weighted by Crippen LogP contribution is -2.18. The molecule has 0 aliphatic carbocycles. The second-order valence-electron chi connectivity index (χ2n) is 7.93. The summed E-state index contributed by atoms with van der Waals surface area (Å²) >= 11 is 0. The monoisotopic (exact) mass is 589 g/mol. The summed E-state index contributed by atoms with van der Waals surface area (Å²) < 4.78 is 156. The van der Waals surface area contributed by atoms with E-state index < -0.39 is 81.4 Å². The van der Waals surface area contributed by atoms with Gasteiger partial charge in [0.2, 0.25) is 0 Å². The standard InChI is InChI=1S/C23H11F12N3O2/c24-20(25,26)11-3-12(21(27,28)29)6-15(5-11)37-18(39)10-1-2-17(36-9-10)19(40)38-16-7-13(22(30,31)32)4-14(8-16)23(33,34)35/h1-9H,(H,37,39)(H,38,40). The van der Waals surface area contributed by atoms with E-state index in [0.29, 0.717) is 6.20 Å². The van der Waals surface area contributed by atoms with Crippen LogP contribution in [0.4, 0.5) is 64.1 Å². The molecule has 214 valence electrons. The Hall–Kier alpha value is -4.31. The van der Waals surface area contributed by atoms with Crippen LogP contribution in [0.25, 0.3) is 0 Å². The van der Waals surface area contributed by atoms with E-state index in [9.17, 15) is 62.3 Å². The molecule has 40 heavy (non-hydrogen) atoms. The fourth-order valence-corrected chi connectivity index (χ4v) is 3.12. The number of aromatic nitrogens is 1. The number of alkyl halides is 12. The average Bonchev–Trinajstić information content (AvgIpc) is 2.81. The molecule has 3 aromatic rings. The van der Waals surface area contributed by atoms with Crippen LogP contribution in [0, 0.1) is 0 Å². The van der Waals surface area contributed by atoms with Gasteiger partial charge in [-0.25, -0.2) is 0 Å². The van der Waals surface area contributed by atoms with E-state index in [-0.39, 0.29) is 36.4 Å². The second kappa shape index (κ2) is 10.3. The molecule has 0 spiro atoms. The number of hydrogen-bond donors (Lipinski definition) is 2. The van der Waals surface area contributed by atoms with Crippen molar-refractivity contribution in [3.05, 3.63) is 88.2 Å². The van der Waals surface area contributed by atoms with Gasteiger partial charge < -0.3 is 10.6 Å². The molecular weight excluding hydrogens is 578 g/mol. The lowest BCUT2D eigenvalue weighted by Gasteiger charge is -2.15. The Bertz CT molecular complexity index is 1250. The average molecular weight is 589 g/mol. The van der Waals surface area contributed by atoms with Crippen molar-refractivity contribution in [2.24, 2.45) is 0 Å². The molecule has 2 N–H and O–H groups in total. The van der Waals surface area contributed by atoms with E-state index in [2.05, 4.69) is 4.98 Å². The van der Waals surface area contributed by atoms with Gasteiger partial charge in [-0.1, -0.05) is 0 Å². The topological polar surface area (TPSA) is 71.1 Å². The lowest BCUT2D eigenvalue weighted by atomic mass is 10.1. The SMILES string of the molecule is O=C(Nc1cc(C(F)(F)F)cc(C(F)(F)F)c1)c1ccc(C(=O)Nc2cc(C(F)(F)F)cc(C(F)(F)F)c2)nc1. The van der Waals surface area contributed by atoms with Crippen molar-refractivity contribution in [3.63, 3.8) is 0 Å². The molecule has 0 unspecified atom stereocenters. The summed E-state index contributed by atoms with van der Waals surface area (Å²) in [4.78, 5) is 28.2. The summed E-state index contributed by atoms with van der Waals surface area (Å²) in [7, 11) is 0. The largest absolute Gasteiger partial charge is 0.416 e. The molecule has 17 heteroatoms. The third kappa shape index (κ3) is 7.41. The van der Waals surface area contributed by atoms with Crippen molar-refractivity contribution in [2.75, 3.05) is 10.6 Å². The number of benzene rings is 2. The highest BCUT2D eigenvalue weighted by Crippen LogP contribution is 2.39. The molecular formula is C23H11F12N3O2. The highest BCUT2D eigenvalue weighted by Gasteiger charge is 2.38. The zero-order valence-corrected chi connectivity index (χ0v) is 19.0. The number of halogens is 12. The Morgan fingerprint density at radius 3 is 1.18 bits per heavy atom. The number of pyridine rings is 1. The molecule has 5 nitrogen and oxygen atoms in total. The molecule has 0 saturated heterocycles. The van der Waals surface area contributed by atoms with E-state index in [1.165, 1.54) is 0 Å². The number of carbonyl (C=O) groups is 2. The molecule has 0 bridgehead atoms. The summed E-state index contributed by atoms with van der Waals surface area (Å²) in [5, 5.41) is 3.62. The minimum absolute atomic E-state index is 0.160. The molecule has 0 aliphatic heterocycles. The van der Waals surface area contributed by atoms with Crippen molar-refractivity contribution in [2.45, 2.75) is 24.7 Å². The first kappa shape index (κ1) is 30.2. The minimum atomic E-state index is -5.19. The third-order valence-electron chi connectivity index (χ3n) is 4.95. The number of nitrogens with one attached hydrogen (secondary N) is 2. The van der Waals surface area contributed by atoms with Gasteiger partial charge in [0, 0.05) is 17.6 Å². The van der Waals surface area contributed by atoms with Gasteiger partial charge in [-0.3, -0.25) is 14.6 Å². The van der Waals surface area contributed by atoms with Crippen LogP contribution in [0.2, 0.25) is 0 Å². The van der Waals surface area contributed by atoms with Crippen molar-refractivity contribution < 1.29 is 62.3 Å². The van der Waals surface area contributed by atoms with Gasteiger partial charge in [0.15, 0.2) is 0 Å². The summed E-state index contributed by atoms with van der Waals surface area (Å²) in [6, 6.07) is 2.26. The van der Waals surface area contributed by atoms with E-state index in [1.807, 2.05) is 5.32 Å². The molecule has 0 radical (unpaired) electrons. The number of rotatable bonds is 4. The Kier molecular flexibility index (Phi) is 7.82. The zero-order chi connectivity index (χ0) is 30.3. The molecule has 2 amide bonds. The number of hydrogen-bond acceptors (Lipinski definition) is 3. The third-order valence-corrected chi connectivity index (χ3v) is 4.95. The second-order valence-corrected chi connectivity index (χ2v) is 7.93. The van der Waals surface area contributed by atoms with Gasteiger partial charge in [-0.2, -0.15) is 52.7 Å². The molecule has 0 saturated carbocycles. The van der Waals surface area contributed by atoms with Crippen LogP contribution >= 0.6 is 0 Å². The fourth-order valence-electron chi connectivity index (χ4n) is 3.12. The number of nitrogens with zero attached hydrogens (tertiary/aromatic N) is 1. The molecule has 1 heterocycles. The van der Waals surface area contributed by atoms with E-state index in [1.54, 1.807) is 5.32 Å². The van der Waals surface area contributed by atoms with Crippen LogP contribution < -0.4 is 10.6 Å². The first-order valence-electron chi connectivity index (χ1n) is 10.3. The van der Waals surface area contributed by atoms with E-state index in [4.69, 9.17) is 0 Å². The Morgan fingerprint density at radius 2 is 0.875 bits per heavy atom. The number of anilines is 2.